The molecule has 0 N–H and O–H groups in total. The Labute approximate surface area is 161 Å². The molecule has 2 unspecified atom stereocenters. The van der Waals surface area contributed by atoms with Gasteiger partial charge >= 0.3 is 0 Å². The molecule has 3 rings (SSSR count). The largest absolute Gasteiger partial charge is 0.493 e. The Bertz CT molecular complexity index is 778. The Hall–Kier alpha value is -1.88. The monoisotopic (exact) mass is 372 g/mol. The van der Waals surface area contributed by atoms with Crippen molar-refractivity contribution in [1.29, 1.82) is 0 Å². The fourth-order valence-corrected chi connectivity index (χ4v) is 4.45. The van der Waals surface area contributed by atoms with Crippen LogP contribution in [0.15, 0.2) is 30.9 Å². The zero-order chi connectivity index (χ0) is 18.9. The Kier molecular flexibility index (Phi) is 5.37. The fraction of sp³-hybridized carbons (Fsp3) is 0.524. The van der Waals surface area contributed by atoms with Crippen molar-refractivity contribution in [2.24, 2.45) is 11.3 Å². The third-order valence-corrected chi connectivity index (χ3v) is 5.68. The number of rotatable bonds is 3. The van der Waals surface area contributed by atoms with Gasteiger partial charge < -0.3 is 9.47 Å². The molecule has 0 saturated carbocycles. The molecule has 1 aliphatic rings. The number of imidazole rings is 1. The molecule has 4 nitrogen and oxygen atoms in total. The van der Waals surface area contributed by atoms with E-state index in [1.807, 2.05) is 0 Å². The molecule has 2 atom stereocenters. The van der Waals surface area contributed by atoms with E-state index in [1.165, 1.54) is 24.0 Å². The Morgan fingerprint density at radius 3 is 2.65 bits per heavy atom. The minimum absolute atomic E-state index is 0.204. The molecule has 1 aromatic carbocycles. The molecule has 1 heterocycles. The van der Waals surface area contributed by atoms with E-state index >= 15 is 0 Å². The summed E-state index contributed by atoms with van der Waals surface area (Å²) >= 11 is 5.38. The summed E-state index contributed by atoms with van der Waals surface area (Å²) < 4.78 is 13.3. The lowest BCUT2D eigenvalue weighted by atomic mass is 9.63. The van der Waals surface area contributed by atoms with Gasteiger partial charge in [0.1, 0.15) is 6.33 Å². The van der Waals surface area contributed by atoms with Crippen LogP contribution in [-0.4, -0.2) is 21.8 Å². The summed E-state index contributed by atoms with van der Waals surface area (Å²) in [6.07, 6.45) is 8.57. The maximum absolute atomic E-state index is 5.95. The van der Waals surface area contributed by atoms with Crippen molar-refractivity contribution in [3.8, 4) is 11.5 Å². The molecule has 140 valence electrons. The number of thiocarbonyl (C=S) groups is 1. The van der Waals surface area contributed by atoms with Crippen LogP contribution < -0.4 is 9.47 Å². The molecular weight excluding hydrogens is 344 g/mol. The predicted octanol–water partition coefficient (Wildman–Crippen LogP) is 5.21. The van der Waals surface area contributed by atoms with Crippen molar-refractivity contribution in [1.82, 2.24) is 9.55 Å². The van der Waals surface area contributed by atoms with E-state index in [2.05, 4.69) is 44.8 Å². The van der Waals surface area contributed by atoms with E-state index < -0.39 is 0 Å². The average Bonchev–Trinajstić information content (AvgIpc) is 3.13. The number of hydrogen-bond acceptors (Lipinski definition) is 4. The van der Waals surface area contributed by atoms with Gasteiger partial charge in [0, 0.05) is 12.4 Å². The van der Waals surface area contributed by atoms with Gasteiger partial charge in [-0.3, -0.25) is 4.57 Å². The van der Waals surface area contributed by atoms with E-state index in [9.17, 15) is 0 Å². The summed E-state index contributed by atoms with van der Waals surface area (Å²) in [4.78, 5) is 4.02. The third kappa shape index (κ3) is 3.63. The number of aromatic nitrogens is 2. The second-order valence-corrected chi connectivity index (χ2v) is 8.44. The van der Waals surface area contributed by atoms with Crippen molar-refractivity contribution >= 4 is 17.4 Å². The zero-order valence-corrected chi connectivity index (χ0v) is 17.1. The van der Waals surface area contributed by atoms with Gasteiger partial charge in [-0.1, -0.05) is 34.1 Å². The standard InChI is InChI=1S/C21H28N2O2S/c1-6-14-7-8-15-11-18(25-20(26)23-10-9-22-13-23)17(24-5)12-16(15)19(14)21(2,3)4/h9-14,19H,6-8H2,1-5H3. The predicted molar refractivity (Wildman–Crippen MR) is 108 cm³/mol. The molecule has 0 fully saturated rings. The van der Waals surface area contributed by atoms with Crippen LogP contribution in [0.3, 0.4) is 0 Å². The number of methoxy groups -OCH3 is 1. The van der Waals surface area contributed by atoms with Crippen LogP contribution in [0.1, 0.15) is 57.6 Å². The van der Waals surface area contributed by atoms with Gasteiger partial charge in [-0.25, -0.2) is 4.98 Å². The zero-order valence-electron chi connectivity index (χ0n) is 16.3. The highest BCUT2D eigenvalue weighted by Crippen LogP contribution is 2.50. The summed E-state index contributed by atoms with van der Waals surface area (Å²) in [5.41, 5.74) is 2.95. The molecule has 5 heteroatoms. The van der Waals surface area contributed by atoms with Crippen LogP contribution in [0.5, 0.6) is 11.5 Å². The van der Waals surface area contributed by atoms with Crippen LogP contribution in [0.4, 0.5) is 0 Å². The minimum atomic E-state index is 0.204. The molecule has 2 aromatic rings. The summed E-state index contributed by atoms with van der Waals surface area (Å²) in [5.74, 6) is 2.62. The average molecular weight is 373 g/mol. The number of aryl methyl sites for hydroxylation is 1. The number of benzene rings is 1. The molecule has 0 aliphatic heterocycles. The maximum atomic E-state index is 5.95. The third-order valence-electron chi connectivity index (χ3n) is 5.39. The first-order valence-corrected chi connectivity index (χ1v) is 9.67. The van der Waals surface area contributed by atoms with Gasteiger partial charge in [0.05, 0.1) is 7.11 Å². The van der Waals surface area contributed by atoms with Crippen LogP contribution in [0, 0.1) is 11.3 Å². The van der Waals surface area contributed by atoms with Gasteiger partial charge in [-0.2, -0.15) is 0 Å². The summed E-state index contributed by atoms with van der Waals surface area (Å²) in [5, 5.41) is 0.343. The van der Waals surface area contributed by atoms with Gasteiger partial charge in [-0.05, 0) is 65.6 Å². The fourth-order valence-electron chi connectivity index (χ4n) is 4.25. The molecule has 0 radical (unpaired) electrons. The van der Waals surface area contributed by atoms with Crippen molar-refractivity contribution < 1.29 is 9.47 Å². The lowest BCUT2D eigenvalue weighted by Gasteiger charge is -2.42. The van der Waals surface area contributed by atoms with Crippen LogP contribution >= 0.6 is 12.2 Å². The smallest absolute Gasteiger partial charge is 0.274 e. The van der Waals surface area contributed by atoms with E-state index in [-0.39, 0.29) is 5.41 Å². The van der Waals surface area contributed by atoms with Crippen LogP contribution in [0.2, 0.25) is 0 Å². The summed E-state index contributed by atoms with van der Waals surface area (Å²) in [7, 11) is 1.68. The SMILES string of the molecule is CCC1CCc2cc(OC(=S)n3ccnc3)c(OC)cc2C1C(C)(C)C. The highest BCUT2D eigenvalue weighted by Gasteiger charge is 2.37. The Morgan fingerprint density at radius 2 is 2.08 bits per heavy atom. The van der Waals surface area contributed by atoms with Gasteiger partial charge in [0.25, 0.3) is 5.17 Å². The van der Waals surface area contributed by atoms with E-state index in [0.29, 0.717) is 22.8 Å². The second kappa shape index (κ2) is 7.39. The Balaban J connectivity index is 1.99. The van der Waals surface area contributed by atoms with E-state index in [1.54, 1.807) is 30.4 Å². The molecule has 0 amide bonds. The highest BCUT2D eigenvalue weighted by atomic mass is 32.1. The second-order valence-electron chi connectivity index (χ2n) is 8.09. The van der Waals surface area contributed by atoms with Gasteiger partial charge in [0.2, 0.25) is 0 Å². The minimum Gasteiger partial charge on any atom is -0.493 e. The maximum Gasteiger partial charge on any atom is 0.274 e. The summed E-state index contributed by atoms with van der Waals surface area (Å²) in [6.45, 7) is 9.30. The summed E-state index contributed by atoms with van der Waals surface area (Å²) in [6, 6.07) is 4.28. The first-order chi connectivity index (χ1) is 12.3. The number of nitrogens with zero attached hydrogens (tertiary/aromatic N) is 2. The van der Waals surface area contributed by atoms with Crippen molar-refractivity contribution in [3.05, 3.63) is 42.0 Å². The highest BCUT2D eigenvalue weighted by molar-refractivity contribution is 7.80. The molecule has 1 aromatic heterocycles. The van der Waals surface area contributed by atoms with E-state index in [4.69, 9.17) is 21.7 Å². The number of fused-ring (bicyclic) bond motifs is 1. The normalized spacial score (nSPS) is 19.7. The van der Waals surface area contributed by atoms with Crippen molar-refractivity contribution in [3.63, 3.8) is 0 Å². The van der Waals surface area contributed by atoms with Gasteiger partial charge in [0.15, 0.2) is 11.5 Å². The van der Waals surface area contributed by atoms with Crippen molar-refractivity contribution in [2.45, 2.75) is 52.9 Å². The lowest BCUT2D eigenvalue weighted by Crippen LogP contribution is -2.30. The molecule has 1 aliphatic carbocycles. The van der Waals surface area contributed by atoms with Crippen molar-refractivity contribution in [2.75, 3.05) is 7.11 Å². The number of ether oxygens (including phenoxy) is 2. The first kappa shape index (κ1) is 18.9. The molecule has 0 bridgehead atoms. The van der Waals surface area contributed by atoms with Gasteiger partial charge in [-0.15, -0.1) is 0 Å². The lowest BCUT2D eigenvalue weighted by molar-refractivity contribution is 0.206. The topological polar surface area (TPSA) is 36.3 Å². The molecule has 0 saturated heterocycles. The Morgan fingerprint density at radius 1 is 1.31 bits per heavy atom. The molecule has 26 heavy (non-hydrogen) atoms. The first-order valence-electron chi connectivity index (χ1n) is 9.26. The van der Waals surface area contributed by atoms with Crippen LogP contribution in [0.25, 0.3) is 0 Å². The molecule has 0 spiro atoms. The number of hydrogen-bond donors (Lipinski definition) is 0. The van der Waals surface area contributed by atoms with Crippen LogP contribution in [-0.2, 0) is 6.42 Å². The quantitative estimate of drug-likeness (QED) is 0.693. The molecular formula is C21H28N2O2S. The van der Waals surface area contributed by atoms with E-state index in [0.717, 1.165) is 12.2 Å².